The molecular weight excluding hydrogens is 581 g/mol. The van der Waals surface area contributed by atoms with Crippen LogP contribution in [0.15, 0.2) is 41.4 Å². The number of piperidine rings is 1. The topological polar surface area (TPSA) is 92.2 Å². The molecule has 0 spiro atoms. The Morgan fingerprint density at radius 3 is 2.29 bits per heavy atom. The first-order valence-corrected chi connectivity index (χ1v) is 18.2. The smallest absolute Gasteiger partial charge is 0.223 e. The number of fused-ring (bicyclic) bond motifs is 1. The number of aromatic nitrogens is 3. The van der Waals surface area contributed by atoms with Crippen molar-refractivity contribution in [2.24, 2.45) is 5.92 Å². The number of hydrogen-bond donors (Lipinski definition) is 2. The standard InChI is InChI=1S/C20H31N5O.C8H17N.C8H8OS/c1-5-6-15-11-18-17(12-22-15)24-20(21-4)25(18)16-9-7-14(8-10-16)19(26)23-13(2)3;1-2-6-9-7-4-3-5-8-9;1-10-8-4-2-7(6-9)3-5-8/h11-14,16H,5-10H2,1-4H3,(H,21,24)(H,23,26);2-8H2,1H3;2-6H,1H3. The van der Waals surface area contributed by atoms with Gasteiger partial charge in [0, 0.05) is 41.2 Å². The maximum Gasteiger partial charge on any atom is 0.223 e. The predicted octanol–water partition coefficient (Wildman–Crippen LogP) is 7.78. The van der Waals surface area contributed by atoms with Gasteiger partial charge in [-0.3, -0.25) is 14.6 Å². The number of aryl methyl sites for hydroxylation is 1. The molecule has 3 aromatic rings. The Labute approximate surface area is 275 Å². The minimum Gasteiger partial charge on any atom is -0.359 e. The van der Waals surface area contributed by atoms with Crippen molar-refractivity contribution < 1.29 is 9.59 Å². The second-order valence-corrected chi connectivity index (χ2v) is 13.3. The second-order valence-electron chi connectivity index (χ2n) is 12.4. The SMILES string of the molecule is CCCN1CCCCC1.CCCc1cc2c(cn1)nc(NC)n2C1CCC(C(=O)NC(C)C)CC1.CSc1ccc(C=O)cc1. The summed E-state index contributed by atoms with van der Waals surface area (Å²) in [5.74, 6) is 1.24. The van der Waals surface area contributed by atoms with Crippen molar-refractivity contribution in [2.75, 3.05) is 38.3 Å². The van der Waals surface area contributed by atoms with Crippen LogP contribution in [0.3, 0.4) is 0 Å². The van der Waals surface area contributed by atoms with Gasteiger partial charge in [0.05, 0.1) is 11.7 Å². The molecule has 2 aromatic heterocycles. The van der Waals surface area contributed by atoms with Crippen molar-refractivity contribution in [2.45, 2.75) is 109 Å². The molecule has 45 heavy (non-hydrogen) atoms. The van der Waals surface area contributed by atoms with E-state index in [-0.39, 0.29) is 17.9 Å². The summed E-state index contributed by atoms with van der Waals surface area (Å²) in [5, 5.41) is 6.30. The average Bonchev–Trinajstić information content (AvgIpc) is 3.44. The van der Waals surface area contributed by atoms with E-state index in [0.717, 1.165) is 73.1 Å². The molecule has 2 N–H and O–H groups in total. The zero-order valence-electron chi connectivity index (χ0n) is 28.5. The lowest BCUT2D eigenvalue weighted by molar-refractivity contribution is -0.126. The maximum absolute atomic E-state index is 12.3. The number of amides is 1. The number of thioether (sulfide) groups is 1. The second kappa shape index (κ2) is 19.6. The van der Waals surface area contributed by atoms with Gasteiger partial charge in [-0.25, -0.2) is 4.98 Å². The molecular formula is C36H56N6O2S. The maximum atomic E-state index is 12.3. The Morgan fingerprint density at radius 2 is 1.73 bits per heavy atom. The number of imidazole rings is 1. The van der Waals surface area contributed by atoms with Crippen LogP contribution in [0.4, 0.5) is 5.95 Å². The van der Waals surface area contributed by atoms with Crippen molar-refractivity contribution in [3.05, 3.63) is 47.8 Å². The van der Waals surface area contributed by atoms with Crippen LogP contribution in [0.1, 0.15) is 108 Å². The van der Waals surface area contributed by atoms with Crippen molar-refractivity contribution in [1.29, 1.82) is 0 Å². The van der Waals surface area contributed by atoms with Crippen molar-refractivity contribution in [3.63, 3.8) is 0 Å². The van der Waals surface area contributed by atoms with E-state index in [1.807, 2.05) is 57.6 Å². The number of nitrogens with one attached hydrogen (secondary N) is 2. The molecule has 1 aromatic carbocycles. The van der Waals surface area contributed by atoms with Gasteiger partial charge >= 0.3 is 0 Å². The zero-order chi connectivity index (χ0) is 32.6. The summed E-state index contributed by atoms with van der Waals surface area (Å²) in [5.41, 5.74) is 3.95. The third-order valence-electron chi connectivity index (χ3n) is 8.47. The van der Waals surface area contributed by atoms with Gasteiger partial charge in [0.15, 0.2) is 0 Å². The molecule has 0 unspecified atom stereocenters. The molecule has 8 nitrogen and oxygen atoms in total. The van der Waals surface area contributed by atoms with E-state index in [9.17, 15) is 9.59 Å². The summed E-state index contributed by atoms with van der Waals surface area (Å²) in [6.07, 6.45) is 16.3. The van der Waals surface area contributed by atoms with E-state index >= 15 is 0 Å². The molecule has 1 aliphatic heterocycles. The lowest BCUT2D eigenvalue weighted by Crippen LogP contribution is -2.37. The third-order valence-corrected chi connectivity index (χ3v) is 9.21. The van der Waals surface area contributed by atoms with Crippen LogP contribution in [0.25, 0.3) is 11.0 Å². The first-order chi connectivity index (χ1) is 21.8. The molecule has 2 fully saturated rings. The summed E-state index contributed by atoms with van der Waals surface area (Å²) in [6.45, 7) is 12.5. The highest BCUT2D eigenvalue weighted by Gasteiger charge is 2.29. The largest absolute Gasteiger partial charge is 0.359 e. The normalized spacial score (nSPS) is 18.4. The van der Waals surface area contributed by atoms with Gasteiger partial charge in [-0.15, -0.1) is 11.8 Å². The number of carbonyl (C=O) groups is 2. The first-order valence-electron chi connectivity index (χ1n) is 17.0. The van der Waals surface area contributed by atoms with Gasteiger partial charge in [0.25, 0.3) is 0 Å². The molecule has 9 heteroatoms. The molecule has 1 amide bonds. The molecule has 1 saturated heterocycles. The van der Waals surface area contributed by atoms with Crippen LogP contribution in [0, 0.1) is 5.92 Å². The number of hydrogen-bond acceptors (Lipinski definition) is 7. The Bertz CT molecular complexity index is 1290. The highest BCUT2D eigenvalue weighted by Crippen LogP contribution is 2.36. The summed E-state index contributed by atoms with van der Waals surface area (Å²) < 4.78 is 2.33. The number of anilines is 1. The Kier molecular flexibility index (Phi) is 15.9. The van der Waals surface area contributed by atoms with Gasteiger partial charge in [-0.05, 0) is 109 Å². The predicted molar refractivity (Wildman–Crippen MR) is 190 cm³/mol. The summed E-state index contributed by atoms with van der Waals surface area (Å²) in [7, 11) is 1.92. The zero-order valence-corrected chi connectivity index (χ0v) is 29.3. The fourth-order valence-corrected chi connectivity index (χ4v) is 6.57. The number of likely N-dealkylation sites (tertiary alicyclic amines) is 1. The molecule has 5 rings (SSSR count). The molecule has 1 aliphatic carbocycles. The number of rotatable bonds is 10. The van der Waals surface area contributed by atoms with Crippen molar-refractivity contribution >= 4 is 40.9 Å². The molecule has 0 bridgehead atoms. The van der Waals surface area contributed by atoms with Crippen LogP contribution >= 0.6 is 11.8 Å². The summed E-state index contributed by atoms with van der Waals surface area (Å²) in [4.78, 5) is 35.5. The minimum absolute atomic E-state index is 0.138. The number of nitrogens with zero attached hydrogens (tertiary/aromatic N) is 4. The lowest BCUT2D eigenvalue weighted by Gasteiger charge is -2.30. The fraction of sp³-hybridized carbons (Fsp3) is 0.611. The molecule has 3 heterocycles. The fourth-order valence-electron chi connectivity index (χ4n) is 6.16. The van der Waals surface area contributed by atoms with Gasteiger partial charge in [-0.2, -0.15) is 0 Å². The molecule has 2 aliphatic rings. The number of pyridine rings is 1. The van der Waals surface area contributed by atoms with Crippen LogP contribution in [0.5, 0.6) is 0 Å². The van der Waals surface area contributed by atoms with E-state index in [2.05, 4.69) is 45.0 Å². The van der Waals surface area contributed by atoms with Crippen molar-refractivity contribution in [3.8, 4) is 0 Å². The number of aldehydes is 1. The number of carbonyl (C=O) groups excluding carboxylic acids is 2. The van der Waals surface area contributed by atoms with E-state index < -0.39 is 0 Å². The minimum atomic E-state index is 0.138. The molecule has 0 atom stereocenters. The number of benzene rings is 1. The van der Waals surface area contributed by atoms with Crippen LogP contribution in [-0.2, 0) is 11.2 Å². The van der Waals surface area contributed by atoms with E-state index in [0.29, 0.717) is 6.04 Å². The Hall–Kier alpha value is -2.91. The Balaban J connectivity index is 0.000000236. The monoisotopic (exact) mass is 636 g/mol. The lowest BCUT2D eigenvalue weighted by atomic mass is 9.85. The average molecular weight is 637 g/mol. The highest BCUT2D eigenvalue weighted by molar-refractivity contribution is 7.98. The van der Waals surface area contributed by atoms with Crippen LogP contribution < -0.4 is 10.6 Å². The Morgan fingerprint density at radius 1 is 1.04 bits per heavy atom. The van der Waals surface area contributed by atoms with E-state index in [1.165, 1.54) is 50.2 Å². The van der Waals surface area contributed by atoms with Crippen LogP contribution in [0.2, 0.25) is 0 Å². The van der Waals surface area contributed by atoms with Crippen molar-refractivity contribution in [1.82, 2.24) is 24.8 Å². The third kappa shape index (κ3) is 11.4. The van der Waals surface area contributed by atoms with E-state index in [1.54, 1.807) is 11.8 Å². The quantitative estimate of drug-likeness (QED) is 0.173. The van der Waals surface area contributed by atoms with Gasteiger partial charge in [-0.1, -0.05) is 38.8 Å². The van der Waals surface area contributed by atoms with Gasteiger partial charge in [0.2, 0.25) is 11.9 Å². The highest BCUT2D eigenvalue weighted by atomic mass is 32.2. The molecule has 248 valence electrons. The molecule has 0 radical (unpaired) electrons. The van der Waals surface area contributed by atoms with Crippen LogP contribution in [-0.4, -0.2) is 70.6 Å². The van der Waals surface area contributed by atoms with Gasteiger partial charge < -0.3 is 20.1 Å². The van der Waals surface area contributed by atoms with Gasteiger partial charge in [0.1, 0.15) is 11.8 Å². The molecule has 1 saturated carbocycles. The van der Waals surface area contributed by atoms with E-state index in [4.69, 9.17) is 4.98 Å². The summed E-state index contributed by atoms with van der Waals surface area (Å²) >= 11 is 1.67. The first kappa shape index (κ1) is 36.6. The summed E-state index contributed by atoms with van der Waals surface area (Å²) in [6, 6.07) is 10.3.